The second-order valence-electron chi connectivity index (χ2n) is 8.41. The van der Waals surface area contributed by atoms with Gasteiger partial charge in [-0.2, -0.15) is 0 Å². The lowest BCUT2D eigenvalue weighted by Gasteiger charge is -2.43. The Morgan fingerprint density at radius 1 is 0.931 bits per heavy atom. The van der Waals surface area contributed by atoms with Crippen LogP contribution in [-0.4, -0.2) is 45.6 Å². The Kier molecular flexibility index (Phi) is 4.51. The first-order valence-electron chi connectivity index (χ1n) is 10.4. The van der Waals surface area contributed by atoms with Crippen LogP contribution < -0.4 is 10.2 Å². The molecule has 2 fully saturated rings. The molecule has 0 aliphatic carbocycles. The van der Waals surface area contributed by atoms with E-state index in [0.29, 0.717) is 29.4 Å². The summed E-state index contributed by atoms with van der Waals surface area (Å²) >= 11 is 0. The Balaban J connectivity index is 1.39. The maximum absolute atomic E-state index is 10.5. The minimum Gasteiger partial charge on any atom is -0.508 e. The van der Waals surface area contributed by atoms with Gasteiger partial charge >= 0.3 is 0 Å². The van der Waals surface area contributed by atoms with Gasteiger partial charge in [-0.15, -0.1) is 10.2 Å². The van der Waals surface area contributed by atoms with Gasteiger partial charge in [-0.25, -0.2) is 0 Å². The highest BCUT2D eigenvalue weighted by molar-refractivity contribution is 5.90. The van der Waals surface area contributed by atoms with Gasteiger partial charge in [0.05, 0.1) is 5.69 Å². The zero-order valence-electron chi connectivity index (χ0n) is 16.5. The van der Waals surface area contributed by atoms with Crippen LogP contribution in [0.3, 0.4) is 0 Å². The highest BCUT2D eigenvalue weighted by Crippen LogP contribution is 2.34. The number of fused-ring (bicyclic) bond motifs is 3. The van der Waals surface area contributed by atoms with Gasteiger partial charge in [0.25, 0.3) is 0 Å². The van der Waals surface area contributed by atoms with Crippen LogP contribution in [0.1, 0.15) is 32.1 Å². The average molecular weight is 390 g/mol. The number of benzene rings is 2. The van der Waals surface area contributed by atoms with Crippen molar-refractivity contribution in [3.8, 4) is 22.8 Å². The predicted octanol–water partition coefficient (Wildman–Crippen LogP) is 3.82. The van der Waals surface area contributed by atoms with Crippen LogP contribution in [0.15, 0.2) is 42.5 Å². The van der Waals surface area contributed by atoms with E-state index in [1.807, 2.05) is 24.3 Å². The van der Waals surface area contributed by atoms with E-state index < -0.39 is 0 Å². The Morgan fingerprint density at radius 2 is 1.72 bits per heavy atom. The zero-order valence-corrected chi connectivity index (χ0v) is 16.5. The number of rotatable bonds is 3. The number of aromatic hydroxyl groups is 2. The summed E-state index contributed by atoms with van der Waals surface area (Å²) in [4.78, 5) is 2.26. The van der Waals surface area contributed by atoms with E-state index in [1.165, 1.54) is 19.3 Å². The van der Waals surface area contributed by atoms with Crippen LogP contribution in [0.4, 0.5) is 5.82 Å². The maximum Gasteiger partial charge on any atom is 0.151 e. The standard InChI is InChI=1S/C23H26N4O2/c1-27(18-12-16-3-2-4-17(13-18)24-16)23-8-7-21(25-26-23)20-10-14-5-6-19(28)9-15(14)11-22(20)29/h5-11,16-18,24,28-29H,2-4,12-13H2,1H3/t16-,17+,18?. The van der Waals surface area contributed by atoms with Gasteiger partial charge < -0.3 is 20.4 Å². The smallest absolute Gasteiger partial charge is 0.151 e. The third-order valence-electron chi connectivity index (χ3n) is 6.46. The molecule has 1 aromatic heterocycles. The van der Waals surface area contributed by atoms with E-state index in [9.17, 15) is 10.2 Å². The summed E-state index contributed by atoms with van der Waals surface area (Å²) in [6.45, 7) is 0. The summed E-state index contributed by atoms with van der Waals surface area (Å²) in [5.41, 5.74) is 1.28. The third-order valence-corrected chi connectivity index (χ3v) is 6.46. The lowest BCUT2D eigenvalue weighted by atomic mass is 9.83. The molecular formula is C23H26N4O2. The molecule has 29 heavy (non-hydrogen) atoms. The molecule has 6 nitrogen and oxygen atoms in total. The molecule has 2 aliphatic rings. The lowest BCUT2D eigenvalue weighted by Crippen LogP contribution is -2.54. The van der Waals surface area contributed by atoms with E-state index >= 15 is 0 Å². The van der Waals surface area contributed by atoms with E-state index in [0.717, 1.165) is 29.4 Å². The van der Waals surface area contributed by atoms with Crippen LogP contribution in [-0.2, 0) is 0 Å². The first kappa shape index (κ1) is 18.2. The van der Waals surface area contributed by atoms with Crippen molar-refractivity contribution in [1.82, 2.24) is 15.5 Å². The number of phenolic OH excluding ortho intramolecular Hbond substituents is 2. The molecule has 2 aromatic carbocycles. The molecule has 6 heteroatoms. The molecule has 0 radical (unpaired) electrons. The SMILES string of the molecule is CN(c1ccc(-c2cc3ccc(O)cc3cc2O)nn1)C1C[C@H]2CCC[C@@H](C1)N2. The van der Waals surface area contributed by atoms with Gasteiger partial charge in [0.1, 0.15) is 11.5 Å². The minimum atomic E-state index is 0.129. The topological polar surface area (TPSA) is 81.5 Å². The summed E-state index contributed by atoms with van der Waals surface area (Å²) in [6, 6.07) is 14.3. The monoisotopic (exact) mass is 390 g/mol. The van der Waals surface area contributed by atoms with Crippen LogP contribution >= 0.6 is 0 Å². The van der Waals surface area contributed by atoms with Crippen molar-refractivity contribution in [3.05, 3.63) is 42.5 Å². The van der Waals surface area contributed by atoms with Gasteiger partial charge in [0.15, 0.2) is 5.82 Å². The molecule has 1 unspecified atom stereocenters. The number of piperidine rings is 2. The van der Waals surface area contributed by atoms with Crippen LogP contribution in [0.5, 0.6) is 11.5 Å². The van der Waals surface area contributed by atoms with Crippen LogP contribution in [0.2, 0.25) is 0 Å². The van der Waals surface area contributed by atoms with Gasteiger partial charge in [0, 0.05) is 30.7 Å². The Labute approximate surface area is 170 Å². The molecule has 2 aliphatic heterocycles. The summed E-state index contributed by atoms with van der Waals surface area (Å²) in [5.74, 6) is 1.17. The highest BCUT2D eigenvalue weighted by Gasteiger charge is 2.33. The van der Waals surface area contributed by atoms with Crippen molar-refractivity contribution in [2.75, 3.05) is 11.9 Å². The van der Waals surface area contributed by atoms with E-state index in [4.69, 9.17) is 0 Å². The molecule has 3 heterocycles. The van der Waals surface area contributed by atoms with Crippen LogP contribution in [0.25, 0.3) is 22.0 Å². The second-order valence-corrected chi connectivity index (χ2v) is 8.41. The van der Waals surface area contributed by atoms with E-state index in [1.54, 1.807) is 18.2 Å². The third kappa shape index (κ3) is 3.49. The maximum atomic E-state index is 10.5. The van der Waals surface area contributed by atoms with Crippen molar-refractivity contribution < 1.29 is 10.2 Å². The normalized spacial score (nSPS) is 23.8. The zero-order chi connectivity index (χ0) is 20.0. The lowest BCUT2D eigenvalue weighted by molar-refractivity contribution is 0.219. The minimum absolute atomic E-state index is 0.129. The van der Waals surface area contributed by atoms with E-state index in [2.05, 4.69) is 27.5 Å². The number of phenols is 2. The predicted molar refractivity (Wildman–Crippen MR) is 114 cm³/mol. The van der Waals surface area contributed by atoms with Crippen molar-refractivity contribution in [2.45, 2.75) is 50.2 Å². The van der Waals surface area contributed by atoms with Gasteiger partial charge in [-0.05, 0) is 72.9 Å². The first-order chi connectivity index (χ1) is 14.1. The molecule has 0 amide bonds. The van der Waals surface area contributed by atoms with Crippen molar-refractivity contribution in [1.29, 1.82) is 0 Å². The molecule has 3 atom stereocenters. The quantitative estimate of drug-likeness (QED) is 0.631. The Hall–Kier alpha value is -2.86. The fourth-order valence-corrected chi connectivity index (χ4v) is 4.87. The molecule has 3 N–H and O–H groups in total. The molecule has 0 saturated carbocycles. The average Bonchev–Trinajstić information content (AvgIpc) is 2.72. The Bertz CT molecular complexity index is 1020. The summed E-state index contributed by atoms with van der Waals surface area (Å²) in [7, 11) is 2.11. The molecule has 150 valence electrons. The summed E-state index contributed by atoms with van der Waals surface area (Å²) in [5, 5.41) is 34.4. The highest BCUT2D eigenvalue weighted by atomic mass is 16.3. The van der Waals surface area contributed by atoms with Gasteiger partial charge in [-0.1, -0.05) is 12.5 Å². The number of aromatic nitrogens is 2. The molecular weight excluding hydrogens is 364 g/mol. The number of anilines is 1. The van der Waals surface area contributed by atoms with Crippen molar-refractivity contribution in [2.24, 2.45) is 0 Å². The first-order valence-corrected chi connectivity index (χ1v) is 10.4. The second kappa shape index (κ2) is 7.19. The number of nitrogens with one attached hydrogen (secondary N) is 1. The fraction of sp³-hybridized carbons (Fsp3) is 0.391. The Morgan fingerprint density at radius 3 is 2.45 bits per heavy atom. The van der Waals surface area contributed by atoms with Gasteiger partial charge in [0.2, 0.25) is 0 Å². The van der Waals surface area contributed by atoms with Crippen molar-refractivity contribution >= 4 is 16.6 Å². The summed E-state index contributed by atoms with van der Waals surface area (Å²) in [6.07, 6.45) is 6.17. The summed E-state index contributed by atoms with van der Waals surface area (Å²) < 4.78 is 0. The molecule has 2 bridgehead atoms. The van der Waals surface area contributed by atoms with Crippen molar-refractivity contribution in [3.63, 3.8) is 0 Å². The number of nitrogens with zero attached hydrogens (tertiary/aromatic N) is 3. The molecule has 2 saturated heterocycles. The largest absolute Gasteiger partial charge is 0.508 e. The molecule has 0 spiro atoms. The van der Waals surface area contributed by atoms with E-state index in [-0.39, 0.29) is 11.5 Å². The fourth-order valence-electron chi connectivity index (χ4n) is 4.87. The number of hydrogen-bond acceptors (Lipinski definition) is 6. The van der Waals surface area contributed by atoms with Gasteiger partial charge in [-0.3, -0.25) is 0 Å². The molecule has 5 rings (SSSR count). The molecule has 3 aromatic rings. The number of hydrogen-bond donors (Lipinski definition) is 3. The van der Waals surface area contributed by atoms with Crippen LogP contribution in [0, 0.1) is 0 Å².